The molecule has 0 spiro atoms. The predicted molar refractivity (Wildman–Crippen MR) is 102 cm³/mol. The molecule has 0 aromatic heterocycles. The summed E-state index contributed by atoms with van der Waals surface area (Å²) in [7, 11) is 0. The molecule has 0 fully saturated rings. The highest BCUT2D eigenvalue weighted by atomic mass is 16.1. The summed E-state index contributed by atoms with van der Waals surface area (Å²) in [5, 5.41) is 6.24. The van der Waals surface area contributed by atoms with Gasteiger partial charge in [-0.25, -0.2) is 0 Å². The van der Waals surface area contributed by atoms with Crippen LogP contribution in [0, 0.1) is 0 Å². The predicted octanol–water partition coefficient (Wildman–Crippen LogP) is 4.49. The van der Waals surface area contributed by atoms with Crippen molar-refractivity contribution in [3.63, 3.8) is 0 Å². The van der Waals surface area contributed by atoms with Gasteiger partial charge < -0.3 is 10.6 Å². The number of amides is 1. The first-order valence-electron chi connectivity index (χ1n) is 9.72. The molecule has 0 radical (unpaired) electrons. The third kappa shape index (κ3) is 13.1. The molecule has 2 N–H and O–H groups in total. The number of hydrogen-bond acceptors (Lipinski definition) is 3. The average molecular weight is 339 g/mol. The van der Waals surface area contributed by atoms with Crippen molar-refractivity contribution in [3.8, 4) is 0 Å². The van der Waals surface area contributed by atoms with E-state index in [0.717, 1.165) is 57.1 Å². The van der Waals surface area contributed by atoms with Crippen LogP contribution in [-0.4, -0.2) is 24.3 Å². The molecule has 0 aliphatic carbocycles. The zero-order valence-corrected chi connectivity index (χ0v) is 16.1. The van der Waals surface area contributed by atoms with Crippen molar-refractivity contribution in [1.82, 2.24) is 10.6 Å². The number of ketones is 1. The first kappa shape index (κ1) is 22.7. The molecule has 0 aliphatic heterocycles. The number of unbranched alkanes of at least 4 members (excludes halogenated alkanes) is 5. The summed E-state index contributed by atoms with van der Waals surface area (Å²) in [6, 6.07) is -0.139. The maximum absolute atomic E-state index is 11.8. The molecule has 4 nitrogen and oxygen atoms in total. The molecular formula is C20H38N2O2. The van der Waals surface area contributed by atoms with Crippen LogP contribution in [0.4, 0.5) is 0 Å². The van der Waals surface area contributed by atoms with E-state index in [1.807, 2.05) is 0 Å². The number of hydrogen-bond donors (Lipinski definition) is 2. The van der Waals surface area contributed by atoms with E-state index in [-0.39, 0.29) is 17.7 Å². The van der Waals surface area contributed by atoms with Crippen molar-refractivity contribution in [2.24, 2.45) is 0 Å². The van der Waals surface area contributed by atoms with Crippen molar-refractivity contribution in [2.75, 3.05) is 6.54 Å². The van der Waals surface area contributed by atoms with Crippen molar-refractivity contribution in [2.45, 2.75) is 97.4 Å². The number of carbonyl (C=O) groups excluding carboxylic acids is 2. The van der Waals surface area contributed by atoms with Gasteiger partial charge in [0, 0.05) is 18.7 Å². The SMILES string of the molecule is C=C(CCCCC)N[C@H](CCCCNC(=O)CCCCC)C(C)=O. The normalized spacial score (nSPS) is 11.8. The van der Waals surface area contributed by atoms with Gasteiger partial charge in [0.15, 0.2) is 5.78 Å². The standard InChI is InChI=1S/C20H38N2O2/c1-5-7-9-13-17(3)22-19(18(4)23)14-11-12-16-21-20(24)15-10-8-6-2/h19,22H,3,5-16H2,1-2,4H3,(H,21,24)/t19-/m1/s1. The largest absolute Gasteiger partial charge is 0.379 e. The Morgan fingerprint density at radius 2 is 1.54 bits per heavy atom. The molecule has 0 saturated heterocycles. The molecule has 0 aliphatic rings. The maximum atomic E-state index is 11.8. The molecule has 0 unspecified atom stereocenters. The van der Waals surface area contributed by atoms with Crippen LogP contribution in [0.15, 0.2) is 12.3 Å². The second-order valence-electron chi connectivity index (χ2n) is 6.67. The smallest absolute Gasteiger partial charge is 0.219 e. The lowest BCUT2D eigenvalue weighted by Crippen LogP contribution is -2.34. The maximum Gasteiger partial charge on any atom is 0.219 e. The van der Waals surface area contributed by atoms with Gasteiger partial charge in [-0.15, -0.1) is 0 Å². The summed E-state index contributed by atoms with van der Waals surface area (Å²) in [6.45, 7) is 10.7. The lowest BCUT2D eigenvalue weighted by molar-refractivity contribution is -0.121. The fourth-order valence-corrected chi connectivity index (χ4v) is 2.61. The number of allylic oxidation sites excluding steroid dienone is 1. The van der Waals surface area contributed by atoms with Gasteiger partial charge in [0.2, 0.25) is 5.91 Å². The molecule has 0 bridgehead atoms. The van der Waals surface area contributed by atoms with Crippen molar-refractivity contribution >= 4 is 11.7 Å². The van der Waals surface area contributed by atoms with E-state index in [0.29, 0.717) is 13.0 Å². The Hall–Kier alpha value is -1.32. The summed E-state index contributed by atoms with van der Waals surface area (Å²) in [5.41, 5.74) is 0.966. The molecule has 0 rings (SSSR count). The highest BCUT2D eigenvalue weighted by molar-refractivity contribution is 5.81. The van der Waals surface area contributed by atoms with Crippen molar-refractivity contribution in [3.05, 3.63) is 12.3 Å². The first-order chi connectivity index (χ1) is 11.5. The minimum atomic E-state index is -0.139. The zero-order valence-electron chi connectivity index (χ0n) is 16.1. The second-order valence-corrected chi connectivity index (χ2v) is 6.67. The lowest BCUT2D eigenvalue weighted by Gasteiger charge is -2.19. The fourth-order valence-electron chi connectivity index (χ4n) is 2.61. The minimum absolute atomic E-state index is 0.139. The summed E-state index contributed by atoms with van der Waals surface area (Å²) >= 11 is 0. The van der Waals surface area contributed by atoms with Crippen LogP contribution < -0.4 is 10.6 Å². The summed E-state index contributed by atoms with van der Waals surface area (Å²) in [5.74, 6) is 0.309. The Bertz CT molecular complexity index is 367. The van der Waals surface area contributed by atoms with Crippen LogP contribution in [-0.2, 0) is 9.59 Å². The van der Waals surface area contributed by atoms with Crippen LogP contribution in [0.3, 0.4) is 0 Å². The molecule has 140 valence electrons. The van der Waals surface area contributed by atoms with Crippen molar-refractivity contribution in [1.29, 1.82) is 0 Å². The highest BCUT2D eigenvalue weighted by Gasteiger charge is 2.13. The molecule has 4 heteroatoms. The number of nitrogens with one attached hydrogen (secondary N) is 2. The quantitative estimate of drug-likeness (QED) is 0.408. The third-order valence-electron chi connectivity index (χ3n) is 4.20. The molecule has 0 aromatic carbocycles. The van der Waals surface area contributed by atoms with E-state index in [2.05, 4.69) is 31.1 Å². The molecular weight excluding hydrogens is 300 g/mol. The molecule has 0 saturated carbocycles. The first-order valence-corrected chi connectivity index (χ1v) is 9.72. The summed E-state index contributed by atoms with van der Waals surface area (Å²) in [4.78, 5) is 23.4. The topological polar surface area (TPSA) is 58.2 Å². The van der Waals surface area contributed by atoms with E-state index >= 15 is 0 Å². The molecule has 1 amide bonds. The van der Waals surface area contributed by atoms with E-state index in [4.69, 9.17) is 0 Å². The molecule has 24 heavy (non-hydrogen) atoms. The van der Waals surface area contributed by atoms with E-state index < -0.39 is 0 Å². The zero-order chi connectivity index (χ0) is 18.2. The average Bonchev–Trinajstić information content (AvgIpc) is 2.53. The lowest BCUT2D eigenvalue weighted by atomic mass is 10.0. The Morgan fingerprint density at radius 3 is 2.12 bits per heavy atom. The highest BCUT2D eigenvalue weighted by Crippen LogP contribution is 2.09. The van der Waals surface area contributed by atoms with Gasteiger partial charge in [-0.1, -0.05) is 46.1 Å². The van der Waals surface area contributed by atoms with Gasteiger partial charge in [-0.05, 0) is 45.4 Å². The monoisotopic (exact) mass is 338 g/mol. The van der Waals surface area contributed by atoms with Gasteiger partial charge in [0.05, 0.1) is 6.04 Å². The number of Topliss-reactive ketones (excluding diaryl/α,β-unsaturated/α-hetero) is 1. The van der Waals surface area contributed by atoms with Gasteiger partial charge in [0.1, 0.15) is 0 Å². The molecule has 1 atom stereocenters. The van der Waals surface area contributed by atoms with Crippen LogP contribution in [0.2, 0.25) is 0 Å². The van der Waals surface area contributed by atoms with E-state index in [1.54, 1.807) is 6.92 Å². The van der Waals surface area contributed by atoms with E-state index in [1.165, 1.54) is 12.8 Å². The molecule has 0 heterocycles. The second kappa shape index (κ2) is 15.2. The summed E-state index contributed by atoms with van der Waals surface area (Å²) in [6.07, 6.45) is 10.9. The van der Waals surface area contributed by atoms with Crippen LogP contribution in [0.5, 0.6) is 0 Å². The third-order valence-corrected chi connectivity index (χ3v) is 4.20. The van der Waals surface area contributed by atoms with Crippen LogP contribution in [0.25, 0.3) is 0 Å². The molecule has 0 aromatic rings. The van der Waals surface area contributed by atoms with Crippen molar-refractivity contribution < 1.29 is 9.59 Å². The van der Waals surface area contributed by atoms with Gasteiger partial charge in [-0.2, -0.15) is 0 Å². The van der Waals surface area contributed by atoms with Crippen LogP contribution >= 0.6 is 0 Å². The van der Waals surface area contributed by atoms with Gasteiger partial charge in [0.25, 0.3) is 0 Å². The van der Waals surface area contributed by atoms with E-state index in [9.17, 15) is 9.59 Å². The minimum Gasteiger partial charge on any atom is -0.379 e. The Labute approximate surface area is 148 Å². The number of rotatable bonds is 16. The number of carbonyl (C=O) groups is 2. The Balaban J connectivity index is 3.83. The fraction of sp³-hybridized carbons (Fsp3) is 0.800. The Kier molecular flexibility index (Phi) is 14.4. The van der Waals surface area contributed by atoms with Crippen LogP contribution in [0.1, 0.15) is 91.4 Å². The Morgan fingerprint density at radius 1 is 0.917 bits per heavy atom. The summed E-state index contributed by atoms with van der Waals surface area (Å²) < 4.78 is 0. The van der Waals surface area contributed by atoms with Gasteiger partial charge in [-0.3, -0.25) is 9.59 Å². The van der Waals surface area contributed by atoms with Gasteiger partial charge >= 0.3 is 0 Å².